The van der Waals surface area contributed by atoms with Gasteiger partial charge in [-0.3, -0.25) is 38.9 Å². The Kier molecular flexibility index (Phi) is 28.3. The van der Waals surface area contributed by atoms with E-state index in [0.717, 1.165) is 12.8 Å². The van der Waals surface area contributed by atoms with Crippen molar-refractivity contribution in [2.45, 2.75) is 41.5 Å². The van der Waals surface area contributed by atoms with Crippen LogP contribution in [0.3, 0.4) is 0 Å². The molecule has 1 aliphatic heterocycles. The SMILES string of the molecule is CC(C)(C)C(=O)Nc1ccc(Cl)cc1.CC(C)(C)C(=O)Nc1ccc(Cl)cc1C(=O)c1ccncc1.CO.Nc1ccc(Cl)cc1C(=O)c1ccncc1.O=C(c1ccncc1)N1CCOCC1.[K+].[OH-]. The van der Waals surface area contributed by atoms with Gasteiger partial charge in [-0.25, -0.2) is 0 Å². The maximum Gasteiger partial charge on any atom is 1.00 e. The van der Waals surface area contributed by atoms with Gasteiger partial charge in [-0.05, 0) is 97.1 Å². The number of pyridine rings is 3. The van der Waals surface area contributed by atoms with Crippen LogP contribution in [-0.4, -0.2) is 93.1 Å². The van der Waals surface area contributed by atoms with Crippen molar-refractivity contribution >= 4 is 81.2 Å². The number of carbonyl (C=O) groups excluding carboxylic acids is 5. The van der Waals surface area contributed by atoms with E-state index in [9.17, 15) is 24.0 Å². The number of aliphatic hydroxyl groups excluding tert-OH is 1. The molecule has 4 heterocycles. The van der Waals surface area contributed by atoms with Crippen LogP contribution < -0.4 is 67.8 Å². The van der Waals surface area contributed by atoms with Crippen LogP contribution in [-0.2, 0) is 14.3 Å². The van der Waals surface area contributed by atoms with Gasteiger partial charge in [-0.2, -0.15) is 0 Å². The molecule has 1 aliphatic rings. The minimum absolute atomic E-state index is 0. The summed E-state index contributed by atoms with van der Waals surface area (Å²) in [5.41, 5.74) is 8.95. The monoisotopic (exact) mass is 1040 g/mol. The summed E-state index contributed by atoms with van der Waals surface area (Å²) in [7, 11) is 1.00. The molecule has 3 aromatic heterocycles. The zero-order valence-electron chi connectivity index (χ0n) is 40.4. The predicted molar refractivity (Wildman–Crippen MR) is 271 cm³/mol. The summed E-state index contributed by atoms with van der Waals surface area (Å²) < 4.78 is 5.18. The molecule has 0 radical (unpaired) electrons. The second-order valence-corrected chi connectivity index (χ2v) is 17.9. The Hall–Kier alpha value is -4.95. The molecule has 7 rings (SSSR count). The van der Waals surface area contributed by atoms with Gasteiger partial charge in [0.25, 0.3) is 5.91 Å². The zero-order valence-corrected chi connectivity index (χ0v) is 45.8. The molecule has 1 saturated heterocycles. The number of hydrogen-bond acceptors (Lipinski definition) is 12. The Morgan fingerprint density at radius 3 is 1.41 bits per heavy atom. The number of aromatic nitrogens is 3. The van der Waals surface area contributed by atoms with Crippen molar-refractivity contribution in [1.29, 1.82) is 0 Å². The molecule has 3 aromatic carbocycles. The van der Waals surface area contributed by atoms with Crippen LogP contribution in [0.2, 0.25) is 15.1 Å². The Balaban J connectivity index is 0.000000464. The van der Waals surface area contributed by atoms with Crippen LogP contribution >= 0.6 is 34.8 Å². The summed E-state index contributed by atoms with van der Waals surface area (Å²) >= 11 is 17.6. The van der Waals surface area contributed by atoms with Gasteiger partial charge in [0.1, 0.15) is 0 Å². The third-order valence-electron chi connectivity index (χ3n) is 9.31. The first-order valence-electron chi connectivity index (χ1n) is 21.1. The number of morpholine rings is 1. The van der Waals surface area contributed by atoms with Gasteiger partial charge in [0.2, 0.25) is 11.8 Å². The molecule has 6 aromatic rings. The Bertz CT molecular complexity index is 2580. The molecule has 0 unspecified atom stereocenters. The van der Waals surface area contributed by atoms with E-state index in [1.807, 2.05) is 41.5 Å². The second-order valence-electron chi connectivity index (χ2n) is 16.6. The summed E-state index contributed by atoms with van der Waals surface area (Å²) in [5.74, 6) is -0.467. The van der Waals surface area contributed by atoms with Gasteiger partial charge in [-0.15, -0.1) is 0 Å². The van der Waals surface area contributed by atoms with E-state index in [0.29, 0.717) is 80.6 Å². The van der Waals surface area contributed by atoms with Crippen LogP contribution in [0.5, 0.6) is 0 Å². The summed E-state index contributed by atoms with van der Waals surface area (Å²) in [5, 5.41) is 14.2. The number of nitrogens with zero attached hydrogens (tertiary/aromatic N) is 4. The quantitative estimate of drug-likeness (QED) is 0.0733. The molecule has 0 saturated carbocycles. The number of amides is 3. The standard InChI is InChI=1S/C17H17ClN2O2.C12H9ClN2O.C11H14ClNO.C10H12N2O2.CH4O.K.H2O/c1-17(2,3)16(22)20-14-5-4-12(18)10-13(14)15(21)11-6-8-19-9-7-11;13-9-1-2-11(14)10(7-9)12(16)8-3-5-15-6-4-8;1-11(2,3)10(14)13-9-6-4-8(12)5-7-9;13-10(9-1-3-11-4-2-9)12-5-7-14-8-6-12;1-2;;/h4-10H,1-3H3,(H,20,22);1-7H,14H2;4-7H,1-3H3,(H,13,14);1-4H,5-8H2;2H,1H3;;1H2/q;;;;;+1;/p-1. The molecule has 19 heteroatoms. The maximum absolute atomic E-state index is 12.6. The van der Waals surface area contributed by atoms with Gasteiger partial charge in [-0.1, -0.05) is 76.3 Å². The van der Waals surface area contributed by atoms with Crippen molar-refractivity contribution in [1.82, 2.24) is 19.9 Å². The molecule has 0 atom stereocenters. The predicted octanol–water partition coefficient (Wildman–Crippen LogP) is 6.81. The van der Waals surface area contributed by atoms with Crippen molar-refractivity contribution in [3.63, 3.8) is 0 Å². The largest absolute Gasteiger partial charge is 1.00 e. The van der Waals surface area contributed by atoms with Crippen molar-refractivity contribution in [2.24, 2.45) is 10.8 Å². The molecule has 15 nitrogen and oxygen atoms in total. The van der Waals surface area contributed by atoms with Crippen LogP contribution in [0.15, 0.2) is 134 Å². The number of anilines is 3. The first kappa shape index (κ1) is 63.1. The van der Waals surface area contributed by atoms with E-state index in [1.165, 1.54) is 0 Å². The number of nitrogens with two attached hydrogens (primary N) is 1. The summed E-state index contributed by atoms with van der Waals surface area (Å²) in [6, 6.07) is 26.7. The van der Waals surface area contributed by atoms with Gasteiger partial charge in [0.05, 0.1) is 18.9 Å². The molecule has 3 amide bonds. The van der Waals surface area contributed by atoms with Gasteiger partial charge >= 0.3 is 51.4 Å². The van der Waals surface area contributed by atoms with E-state index in [2.05, 4.69) is 25.6 Å². The minimum atomic E-state index is -0.559. The number of halogens is 3. The summed E-state index contributed by atoms with van der Waals surface area (Å²) in [4.78, 5) is 73.7. The van der Waals surface area contributed by atoms with Crippen molar-refractivity contribution < 1.29 is 90.7 Å². The Morgan fingerprint density at radius 2 is 0.957 bits per heavy atom. The third-order valence-corrected chi connectivity index (χ3v) is 10.0. The van der Waals surface area contributed by atoms with Gasteiger partial charge in [0.15, 0.2) is 11.6 Å². The number of nitrogen functional groups attached to an aromatic ring is 1. The van der Waals surface area contributed by atoms with Crippen LogP contribution in [0.1, 0.15) is 83.7 Å². The number of ketones is 2. The number of hydrogen-bond donors (Lipinski definition) is 4. The Morgan fingerprint density at radius 1 is 0.571 bits per heavy atom. The molecule has 6 N–H and O–H groups in total. The number of carbonyl (C=O) groups is 5. The fourth-order valence-electron chi connectivity index (χ4n) is 5.46. The summed E-state index contributed by atoms with van der Waals surface area (Å²) in [6.07, 6.45) is 9.49. The maximum atomic E-state index is 12.6. The van der Waals surface area contributed by atoms with Gasteiger partial charge < -0.3 is 36.6 Å². The van der Waals surface area contributed by atoms with Crippen molar-refractivity contribution in [2.75, 3.05) is 49.8 Å². The van der Waals surface area contributed by atoms with Crippen LogP contribution in [0, 0.1) is 10.8 Å². The molecule has 0 spiro atoms. The Labute approximate surface area is 466 Å². The van der Waals surface area contributed by atoms with Crippen LogP contribution in [0.25, 0.3) is 0 Å². The molecular formula is C51H57Cl3KN7O8. The number of benzene rings is 3. The number of rotatable bonds is 7. The molecule has 1 fully saturated rings. The van der Waals surface area contributed by atoms with E-state index >= 15 is 0 Å². The minimum Gasteiger partial charge on any atom is -0.870 e. The van der Waals surface area contributed by atoms with E-state index in [1.54, 1.807) is 139 Å². The average Bonchev–Trinajstić information content (AvgIpc) is 3.34. The van der Waals surface area contributed by atoms with E-state index in [-0.39, 0.29) is 91.6 Å². The van der Waals surface area contributed by atoms with Crippen molar-refractivity contribution in [3.05, 3.63) is 177 Å². The summed E-state index contributed by atoms with van der Waals surface area (Å²) in [6.45, 7) is 13.7. The second kappa shape index (κ2) is 31.4. The number of nitrogens with one attached hydrogen (secondary N) is 2. The van der Waals surface area contributed by atoms with E-state index < -0.39 is 5.41 Å². The first-order chi connectivity index (χ1) is 32.2. The van der Waals surface area contributed by atoms with Gasteiger partial charge in [0, 0.05) is 122 Å². The fourth-order valence-corrected chi connectivity index (χ4v) is 5.93. The van der Waals surface area contributed by atoms with Crippen molar-refractivity contribution in [3.8, 4) is 0 Å². The molecule has 366 valence electrons. The molecule has 0 bridgehead atoms. The number of ether oxygens (including phenoxy) is 1. The topological polar surface area (TPSA) is 237 Å². The molecule has 0 aliphatic carbocycles. The third kappa shape index (κ3) is 21.2. The van der Waals surface area contributed by atoms with E-state index in [4.69, 9.17) is 50.4 Å². The molecule has 70 heavy (non-hydrogen) atoms. The zero-order chi connectivity index (χ0) is 50.4. The smallest absolute Gasteiger partial charge is 0.870 e. The first-order valence-corrected chi connectivity index (χ1v) is 22.2. The fraction of sp³-hybridized carbons (Fsp3) is 0.255. The molecular weight excluding hydrogens is 984 g/mol. The normalized spacial score (nSPS) is 11.4. The van der Waals surface area contributed by atoms with Crippen LogP contribution in [0.4, 0.5) is 17.1 Å². The average molecular weight is 1040 g/mol. The number of aliphatic hydroxyl groups is 1.